The van der Waals surface area contributed by atoms with Crippen molar-refractivity contribution in [3.8, 4) is 17.0 Å². The lowest BCUT2D eigenvalue weighted by Gasteiger charge is -2.07. The van der Waals surface area contributed by atoms with Crippen LogP contribution in [0.1, 0.15) is 12.6 Å². The van der Waals surface area contributed by atoms with E-state index in [1.54, 1.807) is 0 Å². The van der Waals surface area contributed by atoms with E-state index in [1.807, 2.05) is 44.2 Å². The Labute approximate surface area is 106 Å². The van der Waals surface area contributed by atoms with Gasteiger partial charge >= 0.3 is 0 Å². The molecule has 1 aromatic carbocycles. The number of anilines is 1. The third-order valence-corrected chi connectivity index (χ3v) is 2.42. The maximum atomic E-state index is 5.47. The van der Waals surface area contributed by atoms with Crippen LogP contribution < -0.4 is 16.0 Å². The van der Waals surface area contributed by atoms with Crippen LogP contribution >= 0.6 is 0 Å². The van der Waals surface area contributed by atoms with Crippen molar-refractivity contribution in [2.75, 3.05) is 12.0 Å². The summed E-state index contributed by atoms with van der Waals surface area (Å²) >= 11 is 0. The molecule has 0 fully saturated rings. The van der Waals surface area contributed by atoms with E-state index in [9.17, 15) is 0 Å². The molecule has 0 aliphatic rings. The molecule has 0 aliphatic heterocycles. The fraction of sp³-hybridized carbons (Fsp3) is 0.231. The fourth-order valence-corrected chi connectivity index (χ4v) is 1.69. The minimum atomic E-state index is 0.409. The molecule has 1 aromatic heterocycles. The number of benzene rings is 1. The Balaban J connectivity index is 2.41. The van der Waals surface area contributed by atoms with E-state index in [1.165, 1.54) is 0 Å². The van der Waals surface area contributed by atoms with Gasteiger partial charge in [0.15, 0.2) is 0 Å². The predicted octanol–water partition coefficient (Wildman–Crippen LogP) is 2.14. The normalized spacial score (nSPS) is 10.2. The van der Waals surface area contributed by atoms with Gasteiger partial charge in [-0.3, -0.25) is 5.43 Å². The number of aromatic nitrogens is 2. The molecule has 5 nitrogen and oxygen atoms in total. The fourth-order valence-electron chi connectivity index (χ4n) is 1.69. The van der Waals surface area contributed by atoms with Crippen molar-refractivity contribution in [1.82, 2.24) is 9.97 Å². The van der Waals surface area contributed by atoms with Crippen molar-refractivity contribution >= 4 is 5.95 Å². The summed E-state index contributed by atoms with van der Waals surface area (Å²) in [5.41, 5.74) is 5.11. The molecule has 0 saturated heterocycles. The third kappa shape index (κ3) is 2.75. The van der Waals surface area contributed by atoms with Gasteiger partial charge < -0.3 is 4.74 Å². The van der Waals surface area contributed by atoms with E-state index < -0.39 is 0 Å². The maximum Gasteiger partial charge on any atom is 0.237 e. The highest BCUT2D eigenvalue weighted by molar-refractivity contribution is 5.62. The molecule has 3 N–H and O–H groups in total. The first kappa shape index (κ1) is 12.3. The molecule has 1 heterocycles. The Kier molecular flexibility index (Phi) is 3.74. The number of ether oxygens (including phenoxy) is 1. The Morgan fingerprint density at radius 1 is 1.28 bits per heavy atom. The number of rotatable bonds is 4. The molecule has 0 amide bonds. The van der Waals surface area contributed by atoms with E-state index in [4.69, 9.17) is 10.6 Å². The molecule has 5 heteroatoms. The molecule has 94 valence electrons. The van der Waals surface area contributed by atoms with E-state index in [-0.39, 0.29) is 0 Å². The number of nitrogens with two attached hydrogens (primary N) is 1. The minimum absolute atomic E-state index is 0.409. The van der Waals surface area contributed by atoms with Gasteiger partial charge in [0, 0.05) is 11.3 Å². The maximum absolute atomic E-state index is 5.47. The van der Waals surface area contributed by atoms with Crippen LogP contribution in [0.15, 0.2) is 30.3 Å². The number of nitrogen functional groups attached to an aromatic ring is 1. The van der Waals surface area contributed by atoms with Crippen molar-refractivity contribution in [2.24, 2.45) is 5.84 Å². The Bertz CT molecular complexity index is 542. The van der Waals surface area contributed by atoms with Crippen molar-refractivity contribution in [1.29, 1.82) is 0 Å². The third-order valence-electron chi connectivity index (χ3n) is 2.42. The van der Waals surface area contributed by atoms with Gasteiger partial charge in [-0.1, -0.05) is 12.1 Å². The second-order valence-electron chi connectivity index (χ2n) is 3.82. The molecule has 0 unspecified atom stereocenters. The first-order chi connectivity index (χ1) is 8.72. The zero-order chi connectivity index (χ0) is 13.0. The summed E-state index contributed by atoms with van der Waals surface area (Å²) in [5.74, 6) is 6.58. The molecule has 2 rings (SSSR count). The average molecular weight is 244 g/mol. The molecule has 0 saturated carbocycles. The molecule has 0 radical (unpaired) electrons. The van der Waals surface area contributed by atoms with Crippen LogP contribution in [0.5, 0.6) is 5.75 Å². The van der Waals surface area contributed by atoms with Gasteiger partial charge in [-0.15, -0.1) is 0 Å². The highest BCUT2D eigenvalue weighted by Gasteiger charge is 2.05. The lowest BCUT2D eigenvalue weighted by molar-refractivity contribution is 0.340. The monoisotopic (exact) mass is 244 g/mol. The van der Waals surface area contributed by atoms with E-state index >= 15 is 0 Å². The topological polar surface area (TPSA) is 73.1 Å². The van der Waals surface area contributed by atoms with Gasteiger partial charge in [0.2, 0.25) is 5.95 Å². The second-order valence-corrected chi connectivity index (χ2v) is 3.82. The van der Waals surface area contributed by atoms with Crippen molar-refractivity contribution < 1.29 is 4.74 Å². The van der Waals surface area contributed by atoms with Gasteiger partial charge in [-0.2, -0.15) is 0 Å². The summed E-state index contributed by atoms with van der Waals surface area (Å²) in [4.78, 5) is 8.48. The van der Waals surface area contributed by atoms with Crippen LogP contribution in [0.4, 0.5) is 5.95 Å². The summed E-state index contributed by atoms with van der Waals surface area (Å²) in [6.07, 6.45) is 0. The smallest absolute Gasteiger partial charge is 0.237 e. The van der Waals surface area contributed by atoms with Crippen LogP contribution in [0.2, 0.25) is 0 Å². The molecule has 2 aromatic rings. The standard InChI is InChI=1S/C13H16N4O/c1-3-18-11-6-4-5-10(8-11)12-7-9(2)15-13(16-12)17-14/h4-8H,3,14H2,1-2H3,(H,15,16,17). The Hall–Kier alpha value is -2.14. The molecular formula is C13H16N4O. The number of aryl methyl sites for hydroxylation is 1. The molecule has 0 aliphatic carbocycles. The predicted molar refractivity (Wildman–Crippen MR) is 71.2 cm³/mol. The van der Waals surface area contributed by atoms with Crippen LogP contribution in [0, 0.1) is 6.92 Å². The summed E-state index contributed by atoms with van der Waals surface area (Å²) < 4.78 is 5.47. The van der Waals surface area contributed by atoms with Crippen molar-refractivity contribution in [3.05, 3.63) is 36.0 Å². The second kappa shape index (κ2) is 5.46. The van der Waals surface area contributed by atoms with E-state index in [2.05, 4.69) is 15.4 Å². The quantitative estimate of drug-likeness (QED) is 0.636. The van der Waals surface area contributed by atoms with Gasteiger partial charge in [-0.25, -0.2) is 15.8 Å². The van der Waals surface area contributed by atoms with Crippen LogP contribution in [0.3, 0.4) is 0 Å². The summed E-state index contributed by atoms with van der Waals surface area (Å²) in [6, 6.07) is 9.69. The lowest BCUT2D eigenvalue weighted by atomic mass is 10.1. The number of hydrogen-bond donors (Lipinski definition) is 2. The SMILES string of the molecule is CCOc1cccc(-c2cc(C)nc(NN)n2)c1. The highest BCUT2D eigenvalue weighted by Crippen LogP contribution is 2.23. The molecule has 0 atom stereocenters. The highest BCUT2D eigenvalue weighted by atomic mass is 16.5. The Morgan fingerprint density at radius 2 is 2.11 bits per heavy atom. The zero-order valence-electron chi connectivity index (χ0n) is 10.5. The Morgan fingerprint density at radius 3 is 2.83 bits per heavy atom. The van der Waals surface area contributed by atoms with Crippen molar-refractivity contribution in [2.45, 2.75) is 13.8 Å². The molecule has 18 heavy (non-hydrogen) atoms. The zero-order valence-corrected chi connectivity index (χ0v) is 10.5. The van der Waals surface area contributed by atoms with Crippen LogP contribution in [0.25, 0.3) is 11.3 Å². The van der Waals surface area contributed by atoms with Crippen molar-refractivity contribution in [3.63, 3.8) is 0 Å². The number of nitrogens with one attached hydrogen (secondary N) is 1. The molecule has 0 bridgehead atoms. The van der Waals surface area contributed by atoms with E-state index in [0.29, 0.717) is 12.6 Å². The van der Waals surface area contributed by atoms with Gasteiger partial charge in [-0.05, 0) is 32.0 Å². The van der Waals surface area contributed by atoms with Gasteiger partial charge in [0.1, 0.15) is 5.75 Å². The average Bonchev–Trinajstić information content (AvgIpc) is 2.39. The largest absolute Gasteiger partial charge is 0.494 e. The minimum Gasteiger partial charge on any atom is -0.494 e. The van der Waals surface area contributed by atoms with Crippen LogP contribution in [-0.2, 0) is 0 Å². The lowest BCUT2D eigenvalue weighted by Crippen LogP contribution is -2.11. The summed E-state index contributed by atoms with van der Waals surface area (Å²) in [6.45, 7) is 4.50. The number of hydrogen-bond acceptors (Lipinski definition) is 5. The molecule has 0 spiro atoms. The molecular weight excluding hydrogens is 228 g/mol. The number of nitrogens with zero attached hydrogens (tertiary/aromatic N) is 2. The summed E-state index contributed by atoms with van der Waals surface area (Å²) in [7, 11) is 0. The number of hydrazine groups is 1. The van der Waals surface area contributed by atoms with Gasteiger partial charge in [0.25, 0.3) is 0 Å². The first-order valence-corrected chi connectivity index (χ1v) is 5.78. The van der Waals surface area contributed by atoms with Crippen LogP contribution in [-0.4, -0.2) is 16.6 Å². The van der Waals surface area contributed by atoms with E-state index in [0.717, 1.165) is 22.7 Å². The van der Waals surface area contributed by atoms with Gasteiger partial charge in [0.05, 0.1) is 12.3 Å². The first-order valence-electron chi connectivity index (χ1n) is 5.78. The summed E-state index contributed by atoms with van der Waals surface area (Å²) in [5, 5.41) is 0.